The average Bonchev–Trinajstić information content (AvgIpc) is 3.56. The molecular weight excluding hydrogens is 466 g/mol. The Morgan fingerprint density at radius 1 is 1.22 bits per heavy atom. The summed E-state index contributed by atoms with van der Waals surface area (Å²) in [5.41, 5.74) is -0.297. The van der Waals surface area contributed by atoms with Crippen LogP contribution in [0, 0.1) is 0 Å². The van der Waals surface area contributed by atoms with E-state index in [9.17, 15) is 9.59 Å². The molecule has 2 aliphatic heterocycles. The molecule has 0 spiro atoms. The van der Waals surface area contributed by atoms with Crippen LogP contribution >= 0.6 is 0 Å². The third-order valence-electron chi connectivity index (χ3n) is 6.83. The second kappa shape index (κ2) is 9.04. The molecule has 2 saturated heterocycles. The highest BCUT2D eigenvalue weighted by atomic mass is 16.8. The SMILES string of the molecule is CC[C@H]1O[C@@H](n2ncc3c(N(C(=O)OC(C)(C)C)C4CCCC4)nc(C=O)nc32)[C@@H]2OC(C)(C)O[C@@H]21. The van der Waals surface area contributed by atoms with E-state index in [1.54, 1.807) is 15.8 Å². The molecule has 2 aromatic heterocycles. The summed E-state index contributed by atoms with van der Waals surface area (Å²) in [6.07, 6.45) is 4.64. The lowest BCUT2D eigenvalue weighted by atomic mass is 10.1. The van der Waals surface area contributed by atoms with Gasteiger partial charge in [0.1, 0.15) is 17.8 Å². The summed E-state index contributed by atoms with van der Waals surface area (Å²) in [7, 11) is 0. The summed E-state index contributed by atoms with van der Waals surface area (Å²) < 4.78 is 26.0. The van der Waals surface area contributed by atoms with Gasteiger partial charge in [0.25, 0.3) is 0 Å². The maximum Gasteiger partial charge on any atom is 0.416 e. The molecule has 0 radical (unpaired) electrons. The number of aldehydes is 1. The second-order valence-electron chi connectivity index (χ2n) is 11.2. The van der Waals surface area contributed by atoms with Crippen molar-refractivity contribution in [1.29, 1.82) is 0 Å². The lowest BCUT2D eigenvalue weighted by Gasteiger charge is -2.31. The summed E-state index contributed by atoms with van der Waals surface area (Å²) in [5.74, 6) is -0.478. The minimum Gasteiger partial charge on any atom is -0.443 e. The number of rotatable bonds is 5. The Bertz CT molecular complexity index is 1150. The van der Waals surface area contributed by atoms with Crippen molar-refractivity contribution in [3.05, 3.63) is 12.0 Å². The van der Waals surface area contributed by atoms with E-state index >= 15 is 0 Å². The molecule has 1 amide bonds. The van der Waals surface area contributed by atoms with E-state index in [2.05, 4.69) is 15.1 Å². The third-order valence-corrected chi connectivity index (χ3v) is 6.83. The van der Waals surface area contributed by atoms with E-state index in [1.807, 2.05) is 41.5 Å². The van der Waals surface area contributed by atoms with Crippen LogP contribution in [0.3, 0.4) is 0 Å². The van der Waals surface area contributed by atoms with Gasteiger partial charge in [-0.15, -0.1) is 0 Å². The molecule has 11 nitrogen and oxygen atoms in total. The number of carbonyl (C=O) groups excluding carboxylic acids is 2. The third kappa shape index (κ3) is 4.48. The van der Waals surface area contributed by atoms with Crippen molar-refractivity contribution < 1.29 is 28.5 Å². The average molecular weight is 502 g/mol. The summed E-state index contributed by atoms with van der Waals surface area (Å²) in [4.78, 5) is 35.8. The fraction of sp³-hybridized carbons (Fsp3) is 0.720. The Morgan fingerprint density at radius 2 is 1.92 bits per heavy atom. The largest absolute Gasteiger partial charge is 0.443 e. The van der Waals surface area contributed by atoms with E-state index in [1.165, 1.54) is 0 Å². The normalized spacial score (nSPS) is 27.9. The van der Waals surface area contributed by atoms with Gasteiger partial charge in [-0.1, -0.05) is 19.8 Å². The van der Waals surface area contributed by atoms with Crippen LogP contribution in [-0.2, 0) is 18.9 Å². The Balaban J connectivity index is 1.60. The quantitative estimate of drug-likeness (QED) is 0.557. The number of anilines is 1. The van der Waals surface area contributed by atoms with Crippen LogP contribution in [0.15, 0.2) is 6.20 Å². The molecule has 0 bridgehead atoms. The lowest BCUT2D eigenvalue weighted by molar-refractivity contribution is -0.197. The van der Waals surface area contributed by atoms with E-state index in [4.69, 9.17) is 18.9 Å². The van der Waals surface area contributed by atoms with Gasteiger partial charge in [-0.25, -0.2) is 19.4 Å². The number of hydrogen-bond acceptors (Lipinski definition) is 9. The Hall–Kier alpha value is -2.63. The van der Waals surface area contributed by atoms with Gasteiger partial charge in [0.15, 0.2) is 35.6 Å². The van der Waals surface area contributed by atoms with Gasteiger partial charge in [-0.05, 0) is 53.9 Å². The van der Waals surface area contributed by atoms with Crippen LogP contribution in [0.25, 0.3) is 11.0 Å². The fourth-order valence-electron chi connectivity index (χ4n) is 5.42. The molecule has 4 atom stereocenters. The van der Waals surface area contributed by atoms with Crippen LogP contribution in [0.5, 0.6) is 0 Å². The van der Waals surface area contributed by atoms with E-state index in [0.717, 1.165) is 32.1 Å². The van der Waals surface area contributed by atoms with Crippen molar-refractivity contribution in [2.45, 2.75) is 116 Å². The van der Waals surface area contributed by atoms with Crippen LogP contribution in [0.1, 0.15) is 90.5 Å². The Labute approximate surface area is 210 Å². The van der Waals surface area contributed by atoms with Gasteiger partial charge in [0.2, 0.25) is 0 Å². The summed E-state index contributed by atoms with van der Waals surface area (Å²) in [5, 5.41) is 5.13. The molecule has 3 aliphatic rings. The molecule has 4 heterocycles. The smallest absolute Gasteiger partial charge is 0.416 e. The van der Waals surface area contributed by atoms with Gasteiger partial charge >= 0.3 is 6.09 Å². The lowest BCUT2D eigenvalue weighted by Crippen LogP contribution is -2.43. The molecule has 0 unspecified atom stereocenters. The van der Waals surface area contributed by atoms with Gasteiger partial charge in [0.05, 0.1) is 17.7 Å². The van der Waals surface area contributed by atoms with Crippen molar-refractivity contribution >= 4 is 29.2 Å². The zero-order valence-corrected chi connectivity index (χ0v) is 21.8. The molecule has 1 aliphatic carbocycles. The highest BCUT2D eigenvalue weighted by Crippen LogP contribution is 2.45. The van der Waals surface area contributed by atoms with Crippen LogP contribution in [0.2, 0.25) is 0 Å². The predicted octanol–water partition coefficient (Wildman–Crippen LogP) is 4.15. The minimum absolute atomic E-state index is 0.0451. The molecule has 36 heavy (non-hydrogen) atoms. The maximum absolute atomic E-state index is 13.4. The molecule has 2 aromatic rings. The Morgan fingerprint density at radius 3 is 2.56 bits per heavy atom. The van der Waals surface area contributed by atoms with Gasteiger partial charge < -0.3 is 18.9 Å². The summed E-state index contributed by atoms with van der Waals surface area (Å²) in [6.45, 7) is 11.3. The molecule has 11 heteroatoms. The first kappa shape index (κ1) is 25.0. The molecule has 0 aromatic carbocycles. The molecule has 0 N–H and O–H groups in total. The predicted molar refractivity (Wildman–Crippen MR) is 130 cm³/mol. The zero-order valence-electron chi connectivity index (χ0n) is 21.8. The fourth-order valence-corrected chi connectivity index (χ4v) is 5.42. The number of fused-ring (bicyclic) bond motifs is 2. The standard InChI is InChI=1S/C25H35N5O6/c1-7-16-18-19(35-25(5,6)34-18)22(33-16)30-21-15(12-26-30)20(27-17(13-31)28-21)29(14-10-8-9-11-14)23(32)36-24(2,3)4/h12-14,16,18-19,22H,7-11H2,1-6H3/t16-,18-,19-,22-/m1/s1. The minimum atomic E-state index is -0.752. The molecule has 1 saturated carbocycles. The number of hydrogen-bond donors (Lipinski definition) is 0. The van der Waals surface area contributed by atoms with E-state index in [0.29, 0.717) is 23.1 Å². The first-order valence-electron chi connectivity index (χ1n) is 12.7. The van der Waals surface area contributed by atoms with Crippen molar-refractivity contribution in [2.24, 2.45) is 0 Å². The molecular formula is C25H35N5O6. The van der Waals surface area contributed by atoms with Gasteiger partial charge in [-0.3, -0.25) is 9.69 Å². The van der Waals surface area contributed by atoms with Crippen molar-refractivity contribution in [3.8, 4) is 0 Å². The first-order chi connectivity index (χ1) is 17.0. The second-order valence-corrected chi connectivity index (χ2v) is 11.2. The van der Waals surface area contributed by atoms with Crippen LogP contribution in [0.4, 0.5) is 10.6 Å². The summed E-state index contributed by atoms with van der Waals surface area (Å²) >= 11 is 0. The highest BCUT2D eigenvalue weighted by molar-refractivity contribution is 5.98. The van der Waals surface area contributed by atoms with Gasteiger partial charge in [0, 0.05) is 6.04 Å². The molecule has 5 rings (SSSR count). The van der Waals surface area contributed by atoms with Crippen molar-refractivity contribution in [3.63, 3.8) is 0 Å². The first-order valence-corrected chi connectivity index (χ1v) is 12.7. The highest BCUT2D eigenvalue weighted by Gasteiger charge is 2.56. The number of ether oxygens (including phenoxy) is 4. The molecule has 196 valence electrons. The summed E-state index contributed by atoms with van der Waals surface area (Å²) in [6, 6.07) is -0.0928. The van der Waals surface area contributed by atoms with Crippen LogP contribution in [-0.4, -0.2) is 67.9 Å². The van der Waals surface area contributed by atoms with Crippen molar-refractivity contribution in [2.75, 3.05) is 4.90 Å². The van der Waals surface area contributed by atoms with E-state index < -0.39 is 29.8 Å². The number of nitrogens with zero attached hydrogens (tertiary/aromatic N) is 5. The molecule has 3 fully saturated rings. The number of aromatic nitrogens is 4. The van der Waals surface area contributed by atoms with Crippen molar-refractivity contribution in [1.82, 2.24) is 19.7 Å². The van der Waals surface area contributed by atoms with E-state index in [-0.39, 0.29) is 24.1 Å². The number of amides is 1. The maximum atomic E-state index is 13.4. The zero-order chi connectivity index (χ0) is 25.8. The van der Waals surface area contributed by atoms with Gasteiger partial charge in [-0.2, -0.15) is 5.10 Å². The Kier molecular flexibility index (Phi) is 6.29. The number of carbonyl (C=O) groups is 2. The topological polar surface area (TPSA) is 118 Å². The van der Waals surface area contributed by atoms with Crippen LogP contribution < -0.4 is 4.90 Å². The monoisotopic (exact) mass is 501 g/mol.